The summed E-state index contributed by atoms with van der Waals surface area (Å²) in [4.78, 5) is 16.2. The highest BCUT2D eigenvalue weighted by Gasteiger charge is 2.31. The van der Waals surface area contributed by atoms with Crippen molar-refractivity contribution in [2.45, 2.75) is 32.2 Å². The fourth-order valence-electron chi connectivity index (χ4n) is 3.71. The zero-order valence-electron chi connectivity index (χ0n) is 13.9. The van der Waals surface area contributed by atoms with Crippen molar-refractivity contribution in [3.8, 4) is 0 Å². The summed E-state index contributed by atoms with van der Waals surface area (Å²) in [5.74, 6) is 0.215. The van der Waals surface area contributed by atoms with Crippen LogP contribution in [0.15, 0.2) is 54.6 Å². The lowest BCUT2D eigenvalue weighted by atomic mass is 10.0. The van der Waals surface area contributed by atoms with Gasteiger partial charge in [-0.25, -0.2) is 0 Å². The Morgan fingerprint density at radius 3 is 2.67 bits per heavy atom. The highest BCUT2D eigenvalue weighted by atomic mass is 32.1. The summed E-state index contributed by atoms with van der Waals surface area (Å²) in [6.07, 6.45) is 3.16. The van der Waals surface area contributed by atoms with Gasteiger partial charge in [0.05, 0.1) is 4.88 Å². The van der Waals surface area contributed by atoms with Crippen LogP contribution in [0.1, 0.15) is 33.6 Å². The number of aryl methyl sites for hydroxylation is 1. The lowest BCUT2D eigenvalue weighted by molar-refractivity contribution is 0.0741. The molecule has 24 heavy (non-hydrogen) atoms. The molecule has 3 aromatic rings. The predicted octanol–water partition coefficient (Wildman–Crippen LogP) is 5.06. The summed E-state index contributed by atoms with van der Waals surface area (Å²) in [6, 6.07) is 19.1. The Bertz CT molecular complexity index is 868. The minimum atomic E-state index is 0.215. The van der Waals surface area contributed by atoms with Crippen molar-refractivity contribution >= 4 is 27.3 Å². The Kier molecular flexibility index (Phi) is 4.11. The molecule has 1 aliphatic rings. The Morgan fingerprint density at radius 1 is 1.12 bits per heavy atom. The second-order valence-electron chi connectivity index (χ2n) is 6.54. The number of hydrogen-bond acceptors (Lipinski definition) is 2. The van der Waals surface area contributed by atoms with Gasteiger partial charge in [0, 0.05) is 17.3 Å². The van der Waals surface area contributed by atoms with E-state index < -0.39 is 0 Å². The van der Waals surface area contributed by atoms with E-state index in [1.165, 1.54) is 15.6 Å². The molecule has 1 aromatic heterocycles. The van der Waals surface area contributed by atoms with Gasteiger partial charge in [-0.2, -0.15) is 0 Å². The quantitative estimate of drug-likeness (QED) is 0.655. The molecular weight excluding hydrogens is 314 g/mol. The molecule has 0 bridgehead atoms. The second-order valence-corrected chi connectivity index (χ2v) is 7.59. The third-order valence-corrected chi connectivity index (χ3v) is 6.25. The number of likely N-dealkylation sites (tertiary alicyclic amines) is 1. The van der Waals surface area contributed by atoms with Crippen molar-refractivity contribution in [2.24, 2.45) is 0 Å². The highest BCUT2D eigenvalue weighted by molar-refractivity contribution is 7.21. The SMILES string of the molecule is Cc1c(C(=O)N2CCCC2Cc2ccccc2)sc2ccccc12. The summed E-state index contributed by atoms with van der Waals surface area (Å²) >= 11 is 1.64. The number of carbonyl (C=O) groups is 1. The van der Waals surface area contributed by atoms with Gasteiger partial charge >= 0.3 is 0 Å². The van der Waals surface area contributed by atoms with Gasteiger partial charge in [0.1, 0.15) is 0 Å². The topological polar surface area (TPSA) is 20.3 Å². The normalized spacial score (nSPS) is 17.5. The van der Waals surface area contributed by atoms with Gasteiger partial charge in [0.2, 0.25) is 0 Å². The second kappa shape index (κ2) is 6.40. The molecule has 1 amide bonds. The molecule has 2 aromatic carbocycles. The van der Waals surface area contributed by atoms with Gasteiger partial charge in [-0.3, -0.25) is 4.79 Å². The van der Waals surface area contributed by atoms with Gasteiger partial charge < -0.3 is 4.90 Å². The Morgan fingerprint density at radius 2 is 1.88 bits per heavy atom. The number of nitrogens with zero attached hydrogens (tertiary/aromatic N) is 1. The Balaban J connectivity index is 1.61. The summed E-state index contributed by atoms with van der Waals surface area (Å²) < 4.78 is 1.21. The van der Waals surface area contributed by atoms with Gasteiger partial charge in [0.15, 0.2) is 0 Å². The number of amides is 1. The Labute approximate surface area is 146 Å². The molecule has 0 aliphatic carbocycles. The smallest absolute Gasteiger partial charge is 0.264 e. The number of carbonyl (C=O) groups excluding carboxylic acids is 1. The molecule has 0 radical (unpaired) electrons. The van der Waals surface area contributed by atoms with Crippen LogP contribution in [0, 0.1) is 6.92 Å². The van der Waals surface area contributed by atoms with Crippen molar-refractivity contribution in [1.82, 2.24) is 4.90 Å². The number of hydrogen-bond donors (Lipinski definition) is 0. The predicted molar refractivity (Wildman–Crippen MR) is 101 cm³/mol. The molecule has 2 heterocycles. The Hall–Kier alpha value is -2.13. The molecule has 2 nitrogen and oxygen atoms in total. The maximum atomic E-state index is 13.2. The highest BCUT2D eigenvalue weighted by Crippen LogP contribution is 2.33. The lowest BCUT2D eigenvalue weighted by Crippen LogP contribution is -2.36. The molecule has 1 aliphatic heterocycles. The zero-order valence-corrected chi connectivity index (χ0v) is 14.7. The van der Waals surface area contributed by atoms with Crippen molar-refractivity contribution < 1.29 is 4.79 Å². The molecule has 122 valence electrons. The van der Waals surface area contributed by atoms with Crippen LogP contribution in [0.25, 0.3) is 10.1 Å². The first-order chi connectivity index (χ1) is 11.7. The van der Waals surface area contributed by atoms with E-state index in [1.807, 2.05) is 18.2 Å². The number of benzene rings is 2. The van der Waals surface area contributed by atoms with E-state index in [0.29, 0.717) is 6.04 Å². The molecule has 0 N–H and O–H groups in total. The van der Waals surface area contributed by atoms with Crippen LogP contribution in [0.2, 0.25) is 0 Å². The number of fused-ring (bicyclic) bond motifs is 1. The monoisotopic (exact) mass is 335 g/mol. The summed E-state index contributed by atoms with van der Waals surface area (Å²) in [6.45, 7) is 2.96. The van der Waals surface area contributed by atoms with Crippen LogP contribution in [0.5, 0.6) is 0 Å². The third-order valence-electron chi connectivity index (χ3n) is 4.99. The number of rotatable bonds is 3. The zero-order chi connectivity index (χ0) is 16.5. The lowest BCUT2D eigenvalue weighted by Gasteiger charge is -2.24. The standard InChI is InChI=1S/C21H21NOS/c1-15-18-11-5-6-12-19(18)24-20(15)21(23)22-13-7-10-17(22)14-16-8-3-2-4-9-16/h2-6,8-9,11-12,17H,7,10,13-14H2,1H3. The van der Waals surface area contributed by atoms with E-state index in [1.54, 1.807) is 11.3 Å². The molecule has 4 rings (SSSR count). The van der Waals surface area contributed by atoms with Gasteiger partial charge in [0.25, 0.3) is 5.91 Å². The van der Waals surface area contributed by atoms with Crippen molar-refractivity contribution in [1.29, 1.82) is 0 Å². The average molecular weight is 335 g/mol. The molecular formula is C21H21NOS. The first-order valence-corrected chi connectivity index (χ1v) is 9.38. The fourth-order valence-corrected chi connectivity index (χ4v) is 4.88. The molecule has 3 heteroatoms. The molecule has 1 unspecified atom stereocenters. The summed E-state index contributed by atoms with van der Waals surface area (Å²) in [7, 11) is 0. The van der Waals surface area contributed by atoms with Gasteiger partial charge in [-0.15, -0.1) is 11.3 Å². The third kappa shape index (κ3) is 2.73. The average Bonchev–Trinajstić information content (AvgIpc) is 3.20. The number of thiophene rings is 1. The van der Waals surface area contributed by atoms with Crippen LogP contribution in [0.3, 0.4) is 0 Å². The van der Waals surface area contributed by atoms with Gasteiger partial charge in [-0.1, -0.05) is 48.5 Å². The van der Waals surface area contributed by atoms with Crippen LogP contribution < -0.4 is 0 Å². The van der Waals surface area contributed by atoms with E-state index in [2.05, 4.69) is 48.2 Å². The van der Waals surface area contributed by atoms with Crippen molar-refractivity contribution in [3.63, 3.8) is 0 Å². The minimum absolute atomic E-state index is 0.215. The molecule has 0 spiro atoms. The van der Waals surface area contributed by atoms with E-state index in [0.717, 1.165) is 36.2 Å². The van der Waals surface area contributed by atoms with Gasteiger partial charge in [-0.05, 0) is 48.8 Å². The van der Waals surface area contributed by atoms with Crippen LogP contribution >= 0.6 is 11.3 Å². The van der Waals surface area contributed by atoms with E-state index >= 15 is 0 Å². The van der Waals surface area contributed by atoms with Crippen LogP contribution in [0.4, 0.5) is 0 Å². The summed E-state index contributed by atoms with van der Waals surface area (Å²) in [5.41, 5.74) is 2.45. The van der Waals surface area contributed by atoms with Crippen molar-refractivity contribution in [3.05, 3.63) is 70.6 Å². The van der Waals surface area contributed by atoms with E-state index in [-0.39, 0.29) is 5.91 Å². The minimum Gasteiger partial charge on any atom is -0.335 e. The first kappa shape index (κ1) is 15.4. The maximum absolute atomic E-state index is 13.2. The van der Waals surface area contributed by atoms with E-state index in [4.69, 9.17) is 0 Å². The van der Waals surface area contributed by atoms with Crippen LogP contribution in [-0.4, -0.2) is 23.4 Å². The van der Waals surface area contributed by atoms with E-state index in [9.17, 15) is 4.79 Å². The summed E-state index contributed by atoms with van der Waals surface area (Å²) in [5, 5.41) is 1.21. The molecule has 0 saturated carbocycles. The molecule has 1 atom stereocenters. The van der Waals surface area contributed by atoms with Crippen molar-refractivity contribution in [2.75, 3.05) is 6.54 Å². The largest absolute Gasteiger partial charge is 0.335 e. The molecule has 1 saturated heterocycles. The maximum Gasteiger partial charge on any atom is 0.264 e. The fraction of sp³-hybridized carbons (Fsp3) is 0.286. The first-order valence-electron chi connectivity index (χ1n) is 8.57. The molecule has 1 fully saturated rings. The van der Waals surface area contributed by atoms with Crippen LogP contribution in [-0.2, 0) is 6.42 Å².